The predicted molar refractivity (Wildman–Crippen MR) is 190 cm³/mol. The Bertz CT molecular complexity index is 2670. The molecule has 1 aliphatic rings. The highest BCUT2D eigenvalue weighted by Gasteiger charge is 2.22. The molecule has 0 amide bonds. The van der Waals surface area contributed by atoms with Crippen LogP contribution in [-0.4, -0.2) is 14.5 Å². The second kappa shape index (κ2) is 9.72. The Labute approximate surface area is 266 Å². The van der Waals surface area contributed by atoms with Gasteiger partial charge in [-0.25, -0.2) is 9.97 Å². The third-order valence-corrected chi connectivity index (χ3v) is 9.63. The van der Waals surface area contributed by atoms with Crippen LogP contribution in [0.25, 0.3) is 82.9 Å². The largest absolute Gasteiger partial charge is 0.278 e. The number of nitrogens with zero attached hydrogens (tertiary/aromatic N) is 3. The molecule has 0 spiro atoms. The number of hydrogen-bond donors (Lipinski definition) is 0. The lowest BCUT2D eigenvalue weighted by Gasteiger charge is -2.14. The summed E-state index contributed by atoms with van der Waals surface area (Å²) < 4.78 is 2.27. The summed E-state index contributed by atoms with van der Waals surface area (Å²) in [7, 11) is 0. The van der Waals surface area contributed by atoms with E-state index in [9.17, 15) is 0 Å². The van der Waals surface area contributed by atoms with Crippen molar-refractivity contribution in [2.24, 2.45) is 0 Å². The van der Waals surface area contributed by atoms with E-state index in [1.807, 2.05) is 6.07 Å². The molecule has 0 aliphatic heterocycles. The molecule has 3 nitrogen and oxygen atoms in total. The van der Waals surface area contributed by atoms with E-state index in [2.05, 4.69) is 150 Å². The fourth-order valence-electron chi connectivity index (χ4n) is 7.56. The van der Waals surface area contributed by atoms with Crippen molar-refractivity contribution in [3.05, 3.63) is 163 Å². The Balaban J connectivity index is 1.31. The van der Waals surface area contributed by atoms with Crippen molar-refractivity contribution in [2.75, 3.05) is 0 Å². The molecule has 2 heterocycles. The van der Waals surface area contributed by atoms with Crippen LogP contribution in [0.1, 0.15) is 11.1 Å². The van der Waals surface area contributed by atoms with Gasteiger partial charge >= 0.3 is 0 Å². The van der Waals surface area contributed by atoms with Crippen molar-refractivity contribution < 1.29 is 0 Å². The topological polar surface area (TPSA) is 30.7 Å². The molecule has 0 bridgehead atoms. The van der Waals surface area contributed by atoms with Gasteiger partial charge in [0.1, 0.15) is 0 Å². The van der Waals surface area contributed by atoms with Gasteiger partial charge in [-0.1, -0.05) is 127 Å². The van der Waals surface area contributed by atoms with Crippen LogP contribution in [0.3, 0.4) is 0 Å². The van der Waals surface area contributed by atoms with Crippen LogP contribution in [-0.2, 0) is 6.42 Å². The van der Waals surface area contributed by atoms with Gasteiger partial charge in [-0.05, 0) is 74.8 Å². The lowest BCUT2D eigenvalue weighted by molar-refractivity contribution is 1.01. The molecule has 0 N–H and O–H groups in total. The maximum Gasteiger partial charge on any atom is 0.235 e. The van der Waals surface area contributed by atoms with E-state index in [4.69, 9.17) is 9.97 Å². The molecule has 0 fully saturated rings. The summed E-state index contributed by atoms with van der Waals surface area (Å²) in [5, 5.41) is 5.94. The minimum atomic E-state index is 0.674. The van der Waals surface area contributed by atoms with Gasteiger partial charge in [-0.15, -0.1) is 0 Å². The summed E-state index contributed by atoms with van der Waals surface area (Å²) in [5.41, 5.74) is 13.0. The molecule has 10 rings (SSSR count). The maximum atomic E-state index is 5.32. The van der Waals surface area contributed by atoms with Gasteiger partial charge < -0.3 is 0 Å². The fraction of sp³-hybridized carbons (Fsp3) is 0.0233. The molecule has 0 atom stereocenters. The lowest BCUT2D eigenvalue weighted by Crippen LogP contribution is -2.03. The molecule has 0 saturated carbocycles. The quantitative estimate of drug-likeness (QED) is 0.206. The molecule has 0 saturated heterocycles. The smallest absolute Gasteiger partial charge is 0.235 e. The normalized spacial score (nSPS) is 12.3. The zero-order valence-electron chi connectivity index (χ0n) is 25.0. The zero-order valence-corrected chi connectivity index (χ0v) is 25.0. The lowest BCUT2D eigenvalue weighted by atomic mass is 9.92. The molecular formula is C43H27N3. The standard InChI is InChI=1S/C43H27N3/c1-2-12-27(13-3-1)42-34-18-8-10-20-38(34)44-43(45-42)46-39-21-11-9-19-35(39)41-33-17-7-6-16-32(33)37(26-40(41)46)30-23-22-29-24-28-14-4-5-15-31(28)36(29)25-30/h1-23,25-26H,24H2. The van der Waals surface area contributed by atoms with Crippen LogP contribution >= 0.6 is 0 Å². The summed E-state index contributed by atoms with van der Waals surface area (Å²) >= 11 is 0. The average Bonchev–Trinajstić information content (AvgIpc) is 3.66. The molecule has 9 aromatic rings. The fourth-order valence-corrected chi connectivity index (χ4v) is 7.56. The van der Waals surface area contributed by atoms with Crippen LogP contribution in [0.2, 0.25) is 0 Å². The Morgan fingerprint density at radius 1 is 0.435 bits per heavy atom. The number of aromatic nitrogens is 3. The van der Waals surface area contributed by atoms with Gasteiger partial charge in [0.2, 0.25) is 5.95 Å². The van der Waals surface area contributed by atoms with E-state index >= 15 is 0 Å². The summed E-state index contributed by atoms with van der Waals surface area (Å²) in [5.74, 6) is 0.674. The van der Waals surface area contributed by atoms with Gasteiger partial charge in [0.25, 0.3) is 0 Å². The third kappa shape index (κ3) is 3.66. The minimum absolute atomic E-state index is 0.674. The minimum Gasteiger partial charge on any atom is -0.278 e. The predicted octanol–water partition coefficient (Wildman–Crippen LogP) is 10.8. The van der Waals surface area contributed by atoms with Crippen LogP contribution in [0, 0.1) is 0 Å². The molecule has 214 valence electrons. The van der Waals surface area contributed by atoms with Crippen LogP contribution in [0.5, 0.6) is 0 Å². The Hall–Kier alpha value is -6.06. The molecule has 0 radical (unpaired) electrons. The van der Waals surface area contributed by atoms with Crippen LogP contribution in [0.4, 0.5) is 0 Å². The van der Waals surface area contributed by atoms with Gasteiger partial charge in [-0.2, -0.15) is 0 Å². The van der Waals surface area contributed by atoms with Gasteiger partial charge in [0, 0.05) is 21.7 Å². The first-order valence-corrected chi connectivity index (χ1v) is 15.8. The first-order valence-electron chi connectivity index (χ1n) is 15.8. The van der Waals surface area contributed by atoms with Crippen molar-refractivity contribution in [3.8, 4) is 39.5 Å². The molecule has 7 aromatic carbocycles. The summed E-state index contributed by atoms with van der Waals surface area (Å²) in [6.45, 7) is 0. The Kier molecular flexibility index (Phi) is 5.34. The second-order valence-electron chi connectivity index (χ2n) is 12.2. The van der Waals surface area contributed by atoms with E-state index in [1.54, 1.807) is 0 Å². The van der Waals surface area contributed by atoms with Gasteiger partial charge in [0.05, 0.1) is 22.2 Å². The number of benzene rings is 7. The van der Waals surface area contributed by atoms with Crippen molar-refractivity contribution in [2.45, 2.75) is 6.42 Å². The van der Waals surface area contributed by atoms with E-state index in [1.165, 1.54) is 54.9 Å². The van der Waals surface area contributed by atoms with Crippen LogP contribution in [0.15, 0.2) is 152 Å². The van der Waals surface area contributed by atoms with Gasteiger partial charge in [-0.3, -0.25) is 4.57 Å². The second-order valence-corrected chi connectivity index (χ2v) is 12.2. The van der Waals surface area contributed by atoms with Crippen molar-refractivity contribution in [1.82, 2.24) is 14.5 Å². The summed E-state index contributed by atoms with van der Waals surface area (Å²) in [6, 6.07) is 54.4. The van der Waals surface area contributed by atoms with Crippen molar-refractivity contribution in [3.63, 3.8) is 0 Å². The van der Waals surface area contributed by atoms with E-state index in [0.29, 0.717) is 5.95 Å². The molecular weight excluding hydrogens is 558 g/mol. The van der Waals surface area contributed by atoms with Crippen molar-refractivity contribution in [1.29, 1.82) is 0 Å². The van der Waals surface area contributed by atoms with E-state index < -0.39 is 0 Å². The highest BCUT2D eigenvalue weighted by atomic mass is 15.2. The number of fused-ring (bicyclic) bond motifs is 9. The summed E-state index contributed by atoms with van der Waals surface area (Å²) in [6.07, 6.45) is 0.989. The Morgan fingerprint density at radius 2 is 1.13 bits per heavy atom. The molecule has 0 unspecified atom stereocenters. The number of hydrogen-bond acceptors (Lipinski definition) is 2. The monoisotopic (exact) mass is 585 g/mol. The highest BCUT2D eigenvalue weighted by Crippen LogP contribution is 2.44. The molecule has 3 heteroatoms. The highest BCUT2D eigenvalue weighted by molar-refractivity contribution is 6.24. The average molecular weight is 586 g/mol. The SMILES string of the molecule is c1ccc(-c2nc(-n3c4ccccc4c4c5ccccc5c(-c5ccc6c(c5)-c5ccccc5C6)cc43)nc3ccccc23)cc1. The maximum absolute atomic E-state index is 5.32. The first kappa shape index (κ1) is 25.3. The molecule has 2 aromatic heterocycles. The number of para-hydroxylation sites is 2. The van der Waals surface area contributed by atoms with E-state index in [0.717, 1.165) is 39.6 Å². The summed E-state index contributed by atoms with van der Waals surface area (Å²) in [4.78, 5) is 10.5. The molecule has 46 heavy (non-hydrogen) atoms. The molecule has 1 aliphatic carbocycles. The number of rotatable bonds is 3. The van der Waals surface area contributed by atoms with E-state index in [-0.39, 0.29) is 0 Å². The van der Waals surface area contributed by atoms with Crippen LogP contribution < -0.4 is 0 Å². The third-order valence-electron chi connectivity index (χ3n) is 9.63. The first-order chi connectivity index (χ1) is 22.8. The Morgan fingerprint density at radius 3 is 2.02 bits per heavy atom. The van der Waals surface area contributed by atoms with Gasteiger partial charge in [0.15, 0.2) is 0 Å². The zero-order chi connectivity index (χ0) is 30.2. The van der Waals surface area contributed by atoms with Crippen molar-refractivity contribution >= 4 is 43.5 Å².